The SMILES string of the molecule is CC(NCCSCc1ccccc1Cl)C1CC1. The van der Waals surface area contributed by atoms with Gasteiger partial charge in [0.1, 0.15) is 0 Å². The molecule has 2 rings (SSSR count). The number of rotatable bonds is 7. The van der Waals surface area contributed by atoms with E-state index in [1.165, 1.54) is 18.4 Å². The molecule has 1 aliphatic carbocycles. The summed E-state index contributed by atoms with van der Waals surface area (Å²) in [6.07, 6.45) is 2.84. The molecule has 1 nitrogen and oxygen atoms in total. The molecular formula is C14H20ClNS. The van der Waals surface area contributed by atoms with Crippen LogP contribution in [-0.2, 0) is 5.75 Å². The van der Waals surface area contributed by atoms with Crippen molar-refractivity contribution < 1.29 is 0 Å². The van der Waals surface area contributed by atoms with Crippen LogP contribution in [0.4, 0.5) is 0 Å². The summed E-state index contributed by atoms with van der Waals surface area (Å²) in [7, 11) is 0. The normalized spacial score (nSPS) is 17.1. The Labute approximate surface area is 113 Å². The second-order valence-corrected chi connectivity index (χ2v) is 6.24. The molecule has 1 aliphatic rings. The molecular weight excluding hydrogens is 250 g/mol. The summed E-state index contributed by atoms with van der Waals surface area (Å²) in [6, 6.07) is 8.81. The van der Waals surface area contributed by atoms with Crippen molar-refractivity contribution in [2.45, 2.75) is 31.6 Å². The highest BCUT2D eigenvalue weighted by molar-refractivity contribution is 7.98. The number of thioether (sulfide) groups is 1. The minimum Gasteiger partial charge on any atom is -0.313 e. The van der Waals surface area contributed by atoms with Crippen LogP contribution in [-0.4, -0.2) is 18.3 Å². The fourth-order valence-electron chi connectivity index (χ4n) is 1.92. The number of halogens is 1. The molecule has 0 amide bonds. The van der Waals surface area contributed by atoms with Gasteiger partial charge in [0.2, 0.25) is 0 Å². The van der Waals surface area contributed by atoms with Crippen molar-refractivity contribution in [3.8, 4) is 0 Å². The number of nitrogens with one attached hydrogen (secondary N) is 1. The lowest BCUT2D eigenvalue weighted by atomic mass is 10.2. The summed E-state index contributed by atoms with van der Waals surface area (Å²) in [6.45, 7) is 3.41. The van der Waals surface area contributed by atoms with Crippen molar-refractivity contribution in [2.24, 2.45) is 5.92 Å². The van der Waals surface area contributed by atoms with Gasteiger partial charge in [0.25, 0.3) is 0 Å². The summed E-state index contributed by atoms with van der Waals surface area (Å²) in [4.78, 5) is 0. The van der Waals surface area contributed by atoms with Crippen LogP contribution < -0.4 is 5.32 Å². The third kappa shape index (κ3) is 4.53. The Hall–Kier alpha value is -0.180. The molecule has 1 atom stereocenters. The predicted octanol–water partition coefficient (Wildman–Crippen LogP) is 3.96. The summed E-state index contributed by atoms with van der Waals surface area (Å²) in [5, 5.41) is 4.48. The molecule has 94 valence electrons. The Morgan fingerprint density at radius 1 is 1.41 bits per heavy atom. The Balaban J connectivity index is 1.58. The molecule has 1 aromatic carbocycles. The van der Waals surface area contributed by atoms with Crippen LogP contribution in [0.3, 0.4) is 0 Å². The lowest BCUT2D eigenvalue weighted by molar-refractivity contribution is 0.514. The molecule has 3 heteroatoms. The molecule has 0 aromatic heterocycles. The standard InChI is InChI=1S/C14H20ClNS/c1-11(12-6-7-12)16-8-9-17-10-13-4-2-3-5-14(13)15/h2-5,11-12,16H,6-10H2,1H3. The lowest BCUT2D eigenvalue weighted by Gasteiger charge is -2.12. The zero-order chi connectivity index (χ0) is 12.1. The first kappa shape index (κ1) is 13.3. The van der Waals surface area contributed by atoms with Crippen molar-refractivity contribution in [1.82, 2.24) is 5.32 Å². The molecule has 1 unspecified atom stereocenters. The monoisotopic (exact) mass is 269 g/mol. The van der Waals surface area contributed by atoms with E-state index in [0.29, 0.717) is 6.04 Å². The van der Waals surface area contributed by atoms with Crippen LogP contribution in [0.15, 0.2) is 24.3 Å². The van der Waals surface area contributed by atoms with Crippen LogP contribution >= 0.6 is 23.4 Å². The van der Waals surface area contributed by atoms with Gasteiger partial charge in [-0.1, -0.05) is 29.8 Å². The van der Waals surface area contributed by atoms with Crippen LogP contribution in [0.5, 0.6) is 0 Å². The largest absolute Gasteiger partial charge is 0.313 e. The zero-order valence-electron chi connectivity index (χ0n) is 10.3. The zero-order valence-corrected chi connectivity index (χ0v) is 11.9. The van der Waals surface area contributed by atoms with E-state index >= 15 is 0 Å². The molecule has 0 aliphatic heterocycles. The van der Waals surface area contributed by atoms with Crippen molar-refractivity contribution in [1.29, 1.82) is 0 Å². The van der Waals surface area contributed by atoms with Crippen molar-refractivity contribution in [3.63, 3.8) is 0 Å². The maximum Gasteiger partial charge on any atom is 0.0446 e. The minimum absolute atomic E-state index is 0.705. The van der Waals surface area contributed by atoms with Crippen molar-refractivity contribution in [2.75, 3.05) is 12.3 Å². The van der Waals surface area contributed by atoms with E-state index in [1.807, 2.05) is 23.9 Å². The molecule has 1 saturated carbocycles. The van der Waals surface area contributed by atoms with E-state index in [0.717, 1.165) is 29.0 Å². The van der Waals surface area contributed by atoms with E-state index in [9.17, 15) is 0 Å². The van der Waals surface area contributed by atoms with Crippen LogP contribution in [0.1, 0.15) is 25.3 Å². The third-order valence-electron chi connectivity index (χ3n) is 3.26. The number of hydrogen-bond donors (Lipinski definition) is 1. The first-order chi connectivity index (χ1) is 8.27. The number of hydrogen-bond acceptors (Lipinski definition) is 2. The molecule has 0 bridgehead atoms. The maximum atomic E-state index is 6.11. The topological polar surface area (TPSA) is 12.0 Å². The quantitative estimate of drug-likeness (QED) is 0.752. The fraction of sp³-hybridized carbons (Fsp3) is 0.571. The molecule has 17 heavy (non-hydrogen) atoms. The van der Waals surface area contributed by atoms with Gasteiger partial charge < -0.3 is 5.32 Å². The molecule has 0 heterocycles. The number of benzene rings is 1. The second-order valence-electron chi connectivity index (χ2n) is 4.72. The lowest BCUT2D eigenvalue weighted by Crippen LogP contribution is -2.29. The molecule has 1 fully saturated rings. The van der Waals surface area contributed by atoms with Gasteiger partial charge in [0.05, 0.1) is 0 Å². The Morgan fingerprint density at radius 3 is 2.88 bits per heavy atom. The van der Waals surface area contributed by atoms with Crippen molar-refractivity contribution in [3.05, 3.63) is 34.9 Å². The van der Waals surface area contributed by atoms with Gasteiger partial charge in [-0.05, 0) is 37.3 Å². The van der Waals surface area contributed by atoms with Gasteiger partial charge in [0.15, 0.2) is 0 Å². The van der Waals surface area contributed by atoms with Crippen LogP contribution in [0, 0.1) is 5.92 Å². The Morgan fingerprint density at radius 2 is 2.18 bits per heavy atom. The Bertz CT molecular complexity index is 352. The summed E-state index contributed by atoms with van der Waals surface area (Å²) in [5.74, 6) is 3.12. The second kappa shape index (κ2) is 6.67. The van der Waals surface area contributed by atoms with E-state index in [1.54, 1.807) is 0 Å². The summed E-state index contributed by atoms with van der Waals surface area (Å²) >= 11 is 8.06. The first-order valence-corrected chi connectivity index (χ1v) is 7.85. The van der Waals surface area contributed by atoms with Gasteiger partial charge in [0, 0.05) is 29.1 Å². The Kier molecular flexibility index (Phi) is 5.20. The predicted molar refractivity (Wildman–Crippen MR) is 77.8 cm³/mol. The molecule has 0 radical (unpaired) electrons. The van der Waals surface area contributed by atoms with Crippen LogP contribution in [0.25, 0.3) is 0 Å². The molecule has 1 N–H and O–H groups in total. The van der Waals surface area contributed by atoms with Gasteiger partial charge in [-0.25, -0.2) is 0 Å². The minimum atomic E-state index is 0.705. The van der Waals surface area contributed by atoms with Gasteiger partial charge in [-0.2, -0.15) is 11.8 Å². The highest BCUT2D eigenvalue weighted by Crippen LogP contribution is 2.32. The highest BCUT2D eigenvalue weighted by Gasteiger charge is 2.26. The summed E-state index contributed by atoms with van der Waals surface area (Å²) in [5.41, 5.74) is 1.24. The molecule has 1 aromatic rings. The first-order valence-electron chi connectivity index (χ1n) is 6.32. The molecule has 0 spiro atoms. The average Bonchev–Trinajstić information content (AvgIpc) is 3.14. The van der Waals surface area contributed by atoms with E-state index in [-0.39, 0.29) is 0 Å². The van der Waals surface area contributed by atoms with E-state index in [4.69, 9.17) is 11.6 Å². The van der Waals surface area contributed by atoms with Crippen LogP contribution in [0.2, 0.25) is 5.02 Å². The van der Waals surface area contributed by atoms with E-state index < -0.39 is 0 Å². The van der Waals surface area contributed by atoms with Gasteiger partial charge in [-0.15, -0.1) is 0 Å². The van der Waals surface area contributed by atoms with E-state index in [2.05, 4.69) is 24.4 Å². The highest BCUT2D eigenvalue weighted by atomic mass is 35.5. The smallest absolute Gasteiger partial charge is 0.0446 e. The maximum absolute atomic E-state index is 6.11. The van der Waals surface area contributed by atoms with Gasteiger partial charge in [-0.3, -0.25) is 0 Å². The third-order valence-corrected chi connectivity index (χ3v) is 4.63. The molecule has 0 saturated heterocycles. The van der Waals surface area contributed by atoms with Gasteiger partial charge >= 0.3 is 0 Å². The summed E-state index contributed by atoms with van der Waals surface area (Å²) < 4.78 is 0. The average molecular weight is 270 g/mol. The fourth-order valence-corrected chi connectivity index (χ4v) is 3.08. The van der Waals surface area contributed by atoms with Crippen molar-refractivity contribution >= 4 is 23.4 Å².